The molecule has 36 heavy (non-hydrogen) atoms. The molecule has 4 aromatic rings. The van der Waals surface area contributed by atoms with Crippen LogP contribution in [0.1, 0.15) is 41.6 Å². The summed E-state index contributed by atoms with van der Waals surface area (Å²) in [5, 5.41) is 21.2. The fourth-order valence-corrected chi connectivity index (χ4v) is 4.85. The van der Waals surface area contributed by atoms with Crippen molar-refractivity contribution < 1.29 is 23.8 Å². The zero-order valence-corrected chi connectivity index (χ0v) is 19.5. The second kappa shape index (κ2) is 8.75. The Morgan fingerprint density at radius 3 is 2.47 bits per heavy atom. The second-order valence-corrected chi connectivity index (χ2v) is 9.17. The van der Waals surface area contributed by atoms with Crippen LogP contribution >= 0.6 is 0 Å². The molecule has 2 aliphatic rings. The Morgan fingerprint density at radius 1 is 1.06 bits per heavy atom. The van der Waals surface area contributed by atoms with E-state index >= 15 is 0 Å². The van der Waals surface area contributed by atoms with E-state index in [9.17, 15) is 9.18 Å². The van der Waals surface area contributed by atoms with Crippen LogP contribution in [0.5, 0.6) is 17.2 Å². The van der Waals surface area contributed by atoms with Gasteiger partial charge in [-0.05, 0) is 84.5 Å². The molecule has 0 spiro atoms. The van der Waals surface area contributed by atoms with Gasteiger partial charge in [0.2, 0.25) is 5.82 Å². The number of aliphatic carboxylic acids is 1. The Balaban J connectivity index is 1.17. The minimum Gasteiger partial charge on any atom is -0.486 e. The molecule has 9 heteroatoms. The third kappa shape index (κ3) is 4.17. The third-order valence-electron chi connectivity index (χ3n) is 6.78. The number of carboxylic acids is 1. The summed E-state index contributed by atoms with van der Waals surface area (Å²) in [5.41, 5.74) is 3.13. The van der Waals surface area contributed by atoms with Gasteiger partial charge >= 0.3 is 5.97 Å². The fourth-order valence-electron chi connectivity index (χ4n) is 4.85. The highest BCUT2D eigenvalue weighted by Crippen LogP contribution is 2.48. The maximum atomic E-state index is 14.9. The molecule has 1 aromatic heterocycles. The monoisotopic (exact) mass is 486 g/mol. The van der Waals surface area contributed by atoms with Crippen molar-refractivity contribution in [3.63, 3.8) is 0 Å². The molecular weight excluding hydrogens is 463 g/mol. The Hall–Kier alpha value is -4.27. The third-order valence-corrected chi connectivity index (χ3v) is 6.78. The molecule has 3 aromatic carbocycles. The average molecular weight is 487 g/mol. The van der Waals surface area contributed by atoms with Crippen LogP contribution in [0.15, 0.2) is 60.7 Å². The zero-order valence-electron chi connectivity index (χ0n) is 19.5. The largest absolute Gasteiger partial charge is 0.486 e. The number of tetrazole rings is 1. The van der Waals surface area contributed by atoms with Crippen LogP contribution in [0, 0.1) is 11.7 Å². The van der Waals surface area contributed by atoms with Gasteiger partial charge in [0.1, 0.15) is 29.2 Å². The molecular formula is C27H23FN4O4. The van der Waals surface area contributed by atoms with E-state index in [1.807, 2.05) is 48.5 Å². The summed E-state index contributed by atoms with van der Waals surface area (Å²) in [6.07, 6.45) is 1.51. The number of ether oxygens (including phenoxy) is 2. The normalized spacial score (nSPS) is 20.1. The van der Waals surface area contributed by atoms with Gasteiger partial charge in [-0.1, -0.05) is 12.1 Å². The van der Waals surface area contributed by atoms with Gasteiger partial charge < -0.3 is 14.6 Å². The van der Waals surface area contributed by atoms with E-state index in [-0.39, 0.29) is 17.7 Å². The summed E-state index contributed by atoms with van der Waals surface area (Å²) >= 11 is 0. The molecule has 1 heterocycles. The van der Waals surface area contributed by atoms with E-state index in [0.717, 1.165) is 16.7 Å². The highest BCUT2D eigenvalue weighted by molar-refractivity contribution is 5.75. The van der Waals surface area contributed by atoms with Crippen LogP contribution in [0.2, 0.25) is 0 Å². The minimum atomic E-state index is -0.755. The Labute approximate surface area is 206 Å². The number of halogens is 1. The molecule has 1 N–H and O–H groups in total. The van der Waals surface area contributed by atoms with Crippen molar-refractivity contribution in [2.75, 3.05) is 0 Å². The predicted molar refractivity (Wildman–Crippen MR) is 127 cm³/mol. The van der Waals surface area contributed by atoms with E-state index in [2.05, 4.69) is 15.4 Å². The van der Waals surface area contributed by atoms with Crippen molar-refractivity contribution >= 4 is 5.97 Å². The fraction of sp³-hybridized carbons (Fsp3) is 0.259. The summed E-state index contributed by atoms with van der Waals surface area (Å²) in [5.74, 6) is 1.07. The molecule has 8 nitrogen and oxygen atoms in total. The van der Waals surface area contributed by atoms with Gasteiger partial charge in [-0.15, -0.1) is 10.2 Å². The highest BCUT2D eigenvalue weighted by Gasteiger charge is 2.44. The first-order chi connectivity index (χ1) is 17.5. The number of benzene rings is 3. The summed E-state index contributed by atoms with van der Waals surface area (Å²) in [7, 11) is 1.71. The molecule has 1 fully saturated rings. The van der Waals surface area contributed by atoms with Crippen molar-refractivity contribution in [2.45, 2.75) is 31.3 Å². The molecule has 6 rings (SSSR count). The number of hydrogen-bond donors (Lipinski definition) is 1. The van der Waals surface area contributed by atoms with Gasteiger partial charge in [0.25, 0.3) is 0 Å². The van der Waals surface area contributed by atoms with Crippen molar-refractivity contribution in [3.05, 3.63) is 83.2 Å². The molecule has 182 valence electrons. The van der Waals surface area contributed by atoms with Crippen molar-refractivity contribution in [1.82, 2.24) is 20.2 Å². The Kier molecular flexibility index (Phi) is 5.40. The number of aryl methyl sites for hydroxylation is 1. The Bertz CT molecular complexity index is 1440. The number of fused-ring (bicyclic) bond motifs is 1. The zero-order chi connectivity index (χ0) is 24.8. The second-order valence-electron chi connectivity index (χ2n) is 9.17. The molecule has 0 saturated heterocycles. The predicted octanol–water partition coefficient (Wildman–Crippen LogP) is 5.06. The summed E-state index contributed by atoms with van der Waals surface area (Å²) < 4.78 is 27.2. The maximum absolute atomic E-state index is 14.9. The number of aromatic nitrogens is 4. The molecule has 1 saturated carbocycles. The van der Waals surface area contributed by atoms with Gasteiger partial charge in [0, 0.05) is 16.7 Å². The van der Waals surface area contributed by atoms with Crippen LogP contribution in [-0.4, -0.2) is 31.3 Å². The lowest BCUT2D eigenvalue weighted by Gasteiger charge is -2.17. The molecule has 0 aliphatic heterocycles. The Morgan fingerprint density at radius 2 is 1.81 bits per heavy atom. The quantitative estimate of drug-likeness (QED) is 0.390. The minimum absolute atomic E-state index is 0.0619. The first-order valence-corrected chi connectivity index (χ1v) is 11.8. The first kappa shape index (κ1) is 22.2. The van der Waals surface area contributed by atoms with Gasteiger partial charge in [-0.3, -0.25) is 4.79 Å². The van der Waals surface area contributed by atoms with E-state index in [1.54, 1.807) is 13.1 Å². The first-order valence-electron chi connectivity index (χ1n) is 11.8. The van der Waals surface area contributed by atoms with E-state index in [1.165, 1.54) is 10.9 Å². The van der Waals surface area contributed by atoms with Gasteiger partial charge in [0.05, 0.1) is 13.0 Å². The van der Waals surface area contributed by atoms with Crippen molar-refractivity contribution in [2.24, 2.45) is 13.0 Å². The van der Waals surface area contributed by atoms with Crippen molar-refractivity contribution in [3.8, 4) is 28.6 Å². The van der Waals surface area contributed by atoms with E-state index in [0.29, 0.717) is 47.9 Å². The average Bonchev–Trinajstić information content (AvgIpc) is 3.40. The number of hydrogen-bond acceptors (Lipinski definition) is 6. The standard InChI is InChI=1S/C27H23FN4O4/c1-32-30-26(29-31-32)16-4-8-17(9-5-16)35-23-13-11-22(28)25-19(23)10-12-24(25)36-18-6-2-15(3-7-18)20-14-21(20)27(33)34/h2-9,11,13,20-21,24H,10,12,14H2,1H3,(H,33,34)/t20-,21+,24-/m1/s1. The summed E-state index contributed by atoms with van der Waals surface area (Å²) in [6.45, 7) is 0. The molecule has 0 unspecified atom stereocenters. The lowest BCUT2D eigenvalue weighted by Crippen LogP contribution is -2.06. The van der Waals surface area contributed by atoms with E-state index in [4.69, 9.17) is 14.6 Å². The van der Waals surface area contributed by atoms with Crippen LogP contribution < -0.4 is 9.47 Å². The maximum Gasteiger partial charge on any atom is 0.307 e. The van der Waals surface area contributed by atoms with E-state index < -0.39 is 12.1 Å². The number of carbonyl (C=O) groups is 1. The van der Waals surface area contributed by atoms with Gasteiger partial charge in [-0.25, -0.2) is 4.39 Å². The van der Waals surface area contributed by atoms with Gasteiger partial charge in [0.15, 0.2) is 0 Å². The summed E-state index contributed by atoms with van der Waals surface area (Å²) in [4.78, 5) is 12.5. The number of rotatable bonds is 7. The molecule has 0 bridgehead atoms. The number of carboxylic acid groups (broad SMARTS) is 1. The van der Waals surface area contributed by atoms with Crippen LogP contribution in [0.25, 0.3) is 11.4 Å². The van der Waals surface area contributed by atoms with Gasteiger partial charge in [-0.2, -0.15) is 4.80 Å². The SMILES string of the molecule is Cn1nnc(-c2ccc(Oc3ccc(F)c4c3CC[C@H]4Oc3ccc([C@H]4C[C@@H]4C(=O)O)cc3)cc2)n1. The molecule has 2 aliphatic carbocycles. The lowest BCUT2D eigenvalue weighted by atomic mass is 10.1. The van der Waals surface area contributed by atoms with Crippen LogP contribution in [-0.2, 0) is 18.3 Å². The van der Waals surface area contributed by atoms with Crippen LogP contribution in [0.4, 0.5) is 4.39 Å². The molecule has 0 amide bonds. The highest BCUT2D eigenvalue weighted by atomic mass is 19.1. The topological polar surface area (TPSA) is 99.4 Å². The molecule has 0 radical (unpaired) electrons. The molecule has 3 atom stereocenters. The smallest absolute Gasteiger partial charge is 0.307 e. The summed E-state index contributed by atoms with van der Waals surface area (Å²) in [6, 6.07) is 17.9. The van der Waals surface area contributed by atoms with Crippen molar-refractivity contribution in [1.29, 1.82) is 0 Å². The lowest BCUT2D eigenvalue weighted by molar-refractivity contribution is -0.138. The van der Waals surface area contributed by atoms with Crippen LogP contribution in [0.3, 0.4) is 0 Å². The number of nitrogens with zero attached hydrogens (tertiary/aromatic N) is 4.